The van der Waals surface area contributed by atoms with E-state index in [9.17, 15) is 26.4 Å². The van der Waals surface area contributed by atoms with Crippen molar-refractivity contribution in [3.05, 3.63) is 53.6 Å². The van der Waals surface area contributed by atoms with Crippen molar-refractivity contribution in [1.82, 2.24) is 9.29 Å². The maximum Gasteiger partial charge on any atom is 0.417 e. The lowest BCUT2D eigenvalue weighted by Crippen LogP contribution is -2.35. The minimum absolute atomic E-state index is 0.00241. The SMILES string of the molecule is O=Cc1c(-c2ccccc2C(F)(F)F)[nH]c2ccc(S(=O)(=O)N3CCCCC3)cc12. The first-order chi connectivity index (χ1) is 14.2. The summed E-state index contributed by atoms with van der Waals surface area (Å²) >= 11 is 0. The van der Waals surface area contributed by atoms with Crippen LogP contribution in [0.1, 0.15) is 35.2 Å². The highest BCUT2D eigenvalue weighted by molar-refractivity contribution is 7.89. The summed E-state index contributed by atoms with van der Waals surface area (Å²) in [5.41, 5.74) is -0.635. The number of nitrogens with zero attached hydrogens (tertiary/aromatic N) is 1. The van der Waals surface area contributed by atoms with Crippen LogP contribution in [0.5, 0.6) is 0 Å². The van der Waals surface area contributed by atoms with E-state index in [1.165, 1.54) is 40.7 Å². The molecule has 1 aliphatic rings. The molecule has 0 atom stereocenters. The lowest BCUT2D eigenvalue weighted by atomic mass is 10.0. The van der Waals surface area contributed by atoms with Gasteiger partial charge >= 0.3 is 6.18 Å². The zero-order chi connectivity index (χ0) is 21.5. The average molecular weight is 436 g/mol. The van der Waals surface area contributed by atoms with Crippen LogP contribution in [-0.2, 0) is 16.2 Å². The Kier molecular flexibility index (Phi) is 5.19. The number of aromatic nitrogens is 1. The number of aldehydes is 1. The fraction of sp³-hybridized carbons (Fsp3) is 0.286. The molecule has 5 nitrogen and oxygen atoms in total. The van der Waals surface area contributed by atoms with Crippen molar-refractivity contribution in [2.75, 3.05) is 13.1 Å². The van der Waals surface area contributed by atoms with E-state index in [-0.39, 0.29) is 27.1 Å². The third kappa shape index (κ3) is 3.52. The average Bonchev–Trinajstić information content (AvgIpc) is 3.11. The van der Waals surface area contributed by atoms with Crippen molar-refractivity contribution in [3.8, 4) is 11.3 Å². The third-order valence-corrected chi connectivity index (χ3v) is 7.28. The van der Waals surface area contributed by atoms with Gasteiger partial charge in [0.25, 0.3) is 0 Å². The van der Waals surface area contributed by atoms with E-state index in [4.69, 9.17) is 0 Å². The number of carbonyl (C=O) groups is 1. The Hall–Kier alpha value is -2.65. The molecule has 3 aromatic rings. The van der Waals surface area contributed by atoms with Gasteiger partial charge in [-0.25, -0.2) is 8.42 Å². The highest BCUT2D eigenvalue weighted by Gasteiger charge is 2.34. The van der Waals surface area contributed by atoms with Crippen LogP contribution in [0.3, 0.4) is 0 Å². The molecule has 0 radical (unpaired) electrons. The van der Waals surface area contributed by atoms with Crippen LogP contribution in [0.25, 0.3) is 22.2 Å². The molecule has 158 valence electrons. The molecule has 1 saturated heterocycles. The molecular formula is C21H19F3N2O3S. The second kappa shape index (κ2) is 7.55. The number of fused-ring (bicyclic) bond motifs is 1. The Morgan fingerprint density at radius 2 is 1.70 bits per heavy atom. The topological polar surface area (TPSA) is 70.2 Å². The normalized spacial score (nSPS) is 16.1. The maximum absolute atomic E-state index is 13.5. The zero-order valence-electron chi connectivity index (χ0n) is 15.9. The van der Waals surface area contributed by atoms with Gasteiger partial charge in [-0.1, -0.05) is 24.6 Å². The van der Waals surface area contributed by atoms with E-state index >= 15 is 0 Å². The largest absolute Gasteiger partial charge is 0.417 e. The van der Waals surface area contributed by atoms with Crippen LogP contribution in [0.4, 0.5) is 13.2 Å². The third-order valence-electron chi connectivity index (χ3n) is 5.38. The van der Waals surface area contributed by atoms with E-state index in [1.54, 1.807) is 0 Å². The molecule has 0 saturated carbocycles. The molecule has 1 aromatic heterocycles. The van der Waals surface area contributed by atoms with Gasteiger partial charge in [-0.2, -0.15) is 17.5 Å². The van der Waals surface area contributed by atoms with E-state index in [0.717, 1.165) is 25.3 Å². The van der Waals surface area contributed by atoms with Crippen LogP contribution >= 0.6 is 0 Å². The Bertz CT molecular complexity index is 1210. The van der Waals surface area contributed by atoms with Crippen molar-refractivity contribution in [2.45, 2.75) is 30.3 Å². The number of alkyl halides is 3. The van der Waals surface area contributed by atoms with Crippen LogP contribution in [0.15, 0.2) is 47.4 Å². The van der Waals surface area contributed by atoms with Gasteiger partial charge < -0.3 is 4.98 Å². The number of benzene rings is 2. The Morgan fingerprint density at radius 1 is 1.00 bits per heavy atom. The van der Waals surface area contributed by atoms with E-state index in [1.807, 2.05) is 0 Å². The summed E-state index contributed by atoms with van der Waals surface area (Å²) in [5, 5.41) is 0.273. The molecule has 0 bridgehead atoms. The van der Waals surface area contributed by atoms with Crippen molar-refractivity contribution < 1.29 is 26.4 Å². The number of H-pyrrole nitrogens is 1. The van der Waals surface area contributed by atoms with Crippen LogP contribution in [0, 0.1) is 0 Å². The molecule has 0 unspecified atom stereocenters. The van der Waals surface area contributed by atoms with Gasteiger partial charge in [-0.3, -0.25) is 4.79 Å². The van der Waals surface area contributed by atoms with Crippen LogP contribution in [-0.4, -0.2) is 37.1 Å². The number of sulfonamides is 1. The van der Waals surface area contributed by atoms with Gasteiger partial charge in [0.15, 0.2) is 6.29 Å². The summed E-state index contributed by atoms with van der Waals surface area (Å²) in [6.07, 6.45) is -1.61. The molecule has 0 aliphatic carbocycles. The number of hydrogen-bond acceptors (Lipinski definition) is 3. The first-order valence-corrected chi connectivity index (χ1v) is 10.9. The van der Waals surface area contributed by atoms with Gasteiger partial charge in [-0.05, 0) is 37.1 Å². The number of nitrogens with one attached hydrogen (secondary N) is 1. The van der Waals surface area contributed by atoms with Gasteiger partial charge in [0.2, 0.25) is 10.0 Å². The number of rotatable bonds is 4. The Labute approximate surface area is 171 Å². The van der Waals surface area contributed by atoms with Gasteiger partial charge in [-0.15, -0.1) is 0 Å². The number of piperidine rings is 1. The monoisotopic (exact) mass is 436 g/mol. The number of carbonyl (C=O) groups excluding carboxylic acids is 1. The highest BCUT2D eigenvalue weighted by atomic mass is 32.2. The molecule has 2 aromatic carbocycles. The molecule has 1 N–H and O–H groups in total. The van der Waals surface area contributed by atoms with E-state index < -0.39 is 21.8 Å². The minimum atomic E-state index is -4.60. The number of hydrogen-bond donors (Lipinski definition) is 1. The van der Waals surface area contributed by atoms with Crippen LogP contribution in [0.2, 0.25) is 0 Å². The van der Waals surface area contributed by atoms with Crippen molar-refractivity contribution in [3.63, 3.8) is 0 Å². The summed E-state index contributed by atoms with van der Waals surface area (Å²) in [7, 11) is -3.74. The Morgan fingerprint density at radius 3 is 2.37 bits per heavy atom. The van der Waals surface area contributed by atoms with E-state index in [0.29, 0.717) is 24.9 Å². The zero-order valence-corrected chi connectivity index (χ0v) is 16.7. The lowest BCUT2D eigenvalue weighted by Gasteiger charge is -2.25. The predicted molar refractivity (Wildman–Crippen MR) is 107 cm³/mol. The first-order valence-electron chi connectivity index (χ1n) is 9.51. The summed E-state index contributed by atoms with van der Waals surface area (Å²) in [6, 6.07) is 9.22. The van der Waals surface area contributed by atoms with Crippen LogP contribution < -0.4 is 0 Å². The molecule has 9 heteroatoms. The number of halogens is 3. The predicted octanol–water partition coefficient (Wildman–Crippen LogP) is 4.84. The Balaban J connectivity index is 1.87. The highest BCUT2D eigenvalue weighted by Crippen LogP contribution is 2.39. The molecule has 0 spiro atoms. The molecule has 2 heterocycles. The minimum Gasteiger partial charge on any atom is -0.354 e. The molecule has 0 amide bonds. The lowest BCUT2D eigenvalue weighted by molar-refractivity contribution is -0.137. The molecule has 4 rings (SSSR count). The van der Waals surface area contributed by atoms with Gasteiger partial charge in [0, 0.05) is 35.1 Å². The first kappa shape index (κ1) is 20.6. The smallest absolute Gasteiger partial charge is 0.354 e. The fourth-order valence-corrected chi connectivity index (χ4v) is 5.43. The molecule has 1 aliphatic heterocycles. The molecule has 30 heavy (non-hydrogen) atoms. The molecule has 1 fully saturated rings. The van der Waals surface area contributed by atoms with Crippen molar-refractivity contribution in [2.24, 2.45) is 0 Å². The summed E-state index contributed by atoms with van der Waals surface area (Å²) < 4.78 is 67.7. The van der Waals surface area contributed by atoms with Crippen molar-refractivity contribution in [1.29, 1.82) is 0 Å². The van der Waals surface area contributed by atoms with Crippen molar-refractivity contribution >= 4 is 27.2 Å². The summed E-state index contributed by atoms with van der Waals surface area (Å²) in [6.45, 7) is 0.858. The second-order valence-corrected chi connectivity index (χ2v) is 9.18. The van der Waals surface area contributed by atoms with Gasteiger partial charge in [0.05, 0.1) is 16.2 Å². The number of aromatic amines is 1. The fourth-order valence-electron chi connectivity index (χ4n) is 3.89. The van der Waals surface area contributed by atoms with Gasteiger partial charge in [0.1, 0.15) is 0 Å². The van der Waals surface area contributed by atoms with E-state index in [2.05, 4.69) is 4.98 Å². The quantitative estimate of drug-likeness (QED) is 0.595. The standard InChI is InChI=1S/C21H19F3N2O3S/c22-21(23,24)18-7-3-2-6-15(18)20-17(13-27)16-12-14(8-9-19(16)25-20)30(28,29)26-10-4-1-5-11-26/h2-3,6-9,12-13,25H,1,4-5,10-11H2. The maximum atomic E-state index is 13.5. The summed E-state index contributed by atoms with van der Waals surface area (Å²) in [4.78, 5) is 14.7. The molecular weight excluding hydrogens is 417 g/mol. The second-order valence-electron chi connectivity index (χ2n) is 7.25. The summed E-state index contributed by atoms with van der Waals surface area (Å²) in [5.74, 6) is 0.